The number of nitrogens with one attached hydrogen (secondary N) is 1. The number of benzene rings is 2. The van der Waals surface area contributed by atoms with Crippen molar-refractivity contribution in [3.63, 3.8) is 0 Å². The molecule has 2 atom stereocenters. The van der Waals surface area contributed by atoms with Gasteiger partial charge in [0, 0.05) is 27.8 Å². The largest absolute Gasteiger partial charge is 0.494 e. The zero-order chi connectivity index (χ0) is 32.9. The topological polar surface area (TPSA) is 137 Å². The molecule has 0 bridgehead atoms. The SMILES string of the molecule is CCc1cc2cc(C(=O)NCC(O)(c3cc4c(c(-c5ccc(F)cc5)n3)OC[C@]4(C)C(N)=O)C(F)(F)F)cc(OC)c2nc1C. The maximum absolute atomic E-state index is 14.7. The second kappa shape index (κ2) is 11.3. The first-order chi connectivity index (χ1) is 21.1. The van der Waals surface area contributed by atoms with Crippen LogP contribution in [0.4, 0.5) is 17.6 Å². The van der Waals surface area contributed by atoms with E-state index in [9.17, 15) is 32.3 Å². The normalized spacial score (nSPS) is 17.4. The van der Waals surface area contributed by atoms with E-state index in [2.05, 4.69) is 15.3 Å². The lowest BCUT2D eigenvalue weighted by atomic mass is 9.81. The Hall–Kier alpha value is -4.78. The van der Waals surface area contributed by atoms with Crippen molar-refractivity contribution < 1.29 is 41.7 Å². The van der Waals surface area contributed by atoms with Crippen molar-refractivity contribution in [2.24, 2.45) is 5.73 Å². The Bertz CT molecular complexity index is 1830. The summed E-state index contributed by atoms with van der Waals surface area (Å²) in [5, 5.41) is 14.0. The van der Waals surface area contributed by atoms with E-state index in [0.717, 1.165) is 29.5 Å². The molecular weight excluding hydrogens is 596 g/mol. The van der Waals surface area contributed by atoms with E-state index in [4.69, 9.17) is 15.2 Å². The quantitative estimate of drug-likeness (QED) is 0.243. The molecule has 0 saturated carbocycles. The number of hydrogen-bond acceptors (Lipinski definition) is 7. The van der Waals surface area contributed by atoms with Gasteiger partial charge in [0.1, 0.15) is 40.5 Å². The first kappa shape index (κ1) is 31.6. The molecule has 4 aromatic rings. The van der Waals surface area contributed by atoms with E-state index in [1.54, 1.807) is 0 Å². The highest BCUT2D eigenvalue weighted by Gasteiger charge is 2.57. The number of nitrogens with two attached hydrogens (primary N) is 1. The number of alkyl halides is 3. The van der Waals surface area contributed by atoms with E-state index < -0.39 is 47.1 Å². The third-order valence-corrected chi connectivity index (χ3v) is 8.17. The lowest BCUT2D eigenvalue weighted by molar-refractivity contribution is -0.265. The van der Waals surface area contributed by atoms with Crippen molar-refractivity contribution in [2.75, 3.05) is 20.3 Å². The third-order valence-electron chi connectivity index (χ3n) is 8.17. The maximum Gasteiger partial charge on any atom is 0.424 e. The Morgan fingerprint density at radius 1 is 1.13 bits per heavy atom. The molecule has 1 aliphatic heterocycles. The van der Waals surface area contributed by atoms with Crippen LogP contribution in [0.25, 0.3) is 22.2 Å². The molecule has 236 valence electrons. The molecule has 0 aliphatic carbocycles. The number of nitrogens with zero attached hydrogens (tertiary/aromatic N) is 2. The first-order valence-corrected chi connectivity index (χ1v) is 13.9. The second-order valence-corrected chi connectivity index (χ2v) is 11.1. The standard InChI is InChI=1S/C32H30F4N4O5/c1-5-17-10-19-11-20(12-23(44-4)25(19)39-16(17)2)28(41)38-14-31(43,32(34,35)36)24-13-22-27(45-15-30(22,3)29(37)42)26(40-24)18-6-8-21(33)9-7-18/h6-13,43H,5,14-15H2,1-4H3,(H2,37,42)(H,38,41)/t30-,31?/m0/s1. The van der Waals surface area contributed by atoms with Crippen LogP contribution in [0, 0.1) is 12.7 Å². The third kappa shape index (κ3) is 5.41. The predicted molar refractivity (Wildman–Crippen MR) is 156 cm³/mol. The summed E-state index contributed by atoms with van der Waals surface area (Å²) >= 11 is 0. The number of aliphatic hydroxyl groups is 1. The van der Waals surface area contributed by atoms with Gasteiger partial charge in [-0.05, 0) is 74.4 Å². The molecule has 0 saturated heterocycles. The van der Waals surface area contributed by atoms with Crippen LogP contribution in [0.5, 0.6) is 11.5 Å². The number of fused-ring (bicyclic) bond motifs is 2. The highest BCUT2D eigenvalue weighted by molar-refractivity contribution is 6.00. The number of ether oxygens (including phenoxy) is 2. The molecule has 1 unspecified atom stereocenters. The predicted octanol–water partition coefficient (Wildman–Crippen LogP) is 4.63. The summed E-state index contributed by atoms with van der Waals surface area (Å²) in [5.74, 6) is -2.20. The highest BCUT2D eigenvalue weighted by Crippen LogP contribution is 2.47. The van der Waals surface area contributed by atoms with Crippen molar-refractivity contribution >= 4 is 22.7 Å². The molecule has 0 radical (unpaired) electrons. The van der Waals surface area contributed by atoms with Crippen molar-refractivity contribution in [1.29, 1.82) is 0 Å². The Morgan fingerprint density at radius 3 is 2.42 bits per heavy atom. The number of carbonyl (C=O) groups excluding carboxylic acids is 2. The summed E-state index contributed by atoms with van der Waals surface area (Å²) in [6, 6.07) is 10.2. The van der Waals surface area contributed by atoms with E-state index in [1.165, 1.54) is 38.3 Å². The summed E-state index contributed by atoms with van der Waals surface area (Å²) in [7, 11) is 1.38. The smallest absolute Gasteiger partial charge is 0.424 e. The summed E-state index contributed by atoms with van der Waals surface area (Å²) in [6.45, 7) is 3.53. The number of amides is 2. The average molecular weight is 627 g/mol. The van der Waals surface area contributed by atoms with Gasteiger partial charge in [-0.3, -0.25) is 9.59 Å². The molecular formula is C32H30F4N4O5. The van der Waals surface area contributed by atoms with Gasteiger partial charge in [-0.2, -0.15) is 13.2 Å². The van der Waals surface area contributed by atoms with E-state index in [-0.39, 0.29) is 40.5 Å². The Balaban J connectivity index is 1.58. The van der Waals surface area contributed by atoms with Crippen LogP contribution in [0.3, 0.4) is 0 Å². The van der Waals surface area contributed by atoms with E-state index >= 15 is 0 Å². The minimum absolute atomic E-state index is 0.0276. The number of carbonyl (C=O) groups is 2. The van der Waals surface area contributed by atoms with Crippen LogP contribution in [0.15, 0.2) is 48.5 Å². The van der Waals surface area contributed by atoms with Crippen molar-refractivity contribution in [3.05, 3.63) is 82.4 Å². The number of aryl methyl sites for hydroxylation is 2. The Kier molecular flexibility index (Phi) is 7.94. The molecule has 9 nitrogen and oxygen atoms in total. The van der Waals surface area contributed by atoms with Gasteiger partial charge in [-0.25, -0.2) is 14.4 Å². The van der Waals surface area contributed by atoms with Gasteiger partial charge in [0.05, 0.1) is 19.3 Å². The molecule has 2 aromatic carbocycles. The van der Waals surface area contributed by atoms with Crippen LogP contribution in [-0.2, 0) is 22.2 Å². The van der Waals surface area contributed by atoms with Crippen molar-refractivity contribution in [3.8, 4) is 22.8 Å². The summed E-state index contributed by atoms with van der Waals surface area (Å²) in [4.78, 5) is 34.4. The van der Waals surface area contributed by atoms with E-state index in [0.29, 0.717) is 17.3 Å². The molecule has 5 rings (SSSR count). The minimum atomic E-state index is -5.36. The van der Waals surface area contributed by atoms with Gasteiger partial charge in [0.25, 0.3) is 5.91 Å². The first-order valence-electron chi connectivity index (χ1n) is 13.9. The number of hydrogen-bond donors (Lipinski definition) is 3. The number of rotatable bonds is 8. The molecule has 4 N–H and O–H groups in total. The van der Waals surface area contributed by atoms with Crippen LogP contribution in [-0.4, -0.2) is 53.3 Å². The van der Waals surface area contributed by atoms with Gasteiger partial charge in [-0.1, -0.05) is 6.92 Å². The number of halogens is 4. The number of primary amides is 1. The minimum Gasteiger partial charge on any atom is -0.494 e. The molecule has 2 aromatic heterocycles. The number of aromatic nitrogens is 2. The van der Waals surface area contributed by atoms with Gasteiger partial charge < -0.3 is 25.6 Å². The molecule has 0 spiro atoms. The monoisotopic (exact) mass is 626 g/mol. The van der Waals surface area contributed by atoms with Crippen LogP contribution in [0.2, 0.25) is 0 Å². The summed E-state index contributed by atoms with van der Waals surface area (Å²) < 4.78 is 69.0. The van der Waals surface area contributed by atoms with E-state index in [1.807, 2.05) is 19.9 Å². The molecule has 1 aliphatic rings. The van der Waals surface area contributed by atoms with Crippen molar-refractivity contribution in [2.45, 2.75) is 44.4 Å². The van der Waals surface area contributed by atoms with Gasteiger partial charge in [0.15, 0.2) is 0 Å². The van der Waals surface area contributed by atoms with Crippen LogP contribution >= 0.6 is 0 Å². The fourth-order valence-electron chi connectivity index (χ4n) is 5.28. The number of pyridine rings is 2. The molecule has 13 heteroatoms. The number of methoxy groups -OCH3 is 1. The lowest BCUT2D eigenvalue weighted by Crippen LogP contribution is -2.51. The summed E-state index contributed by atoms with van der Waals surface area (Å²) in [6.07, 6.45) is -4.69. The van der Waals surface area contributed by atoms with Gasteiger partial charge in [0.2, 0.25) is 11.5 Å². The zero-order valence-corrected chi connectivity index (χ0v) is 24.8. The van der Waals surface area contributed by atoms with Gasteiger partial charge in [-0.15, -0.1) is 0 Å². The highest BCUT2D eigenvalue weighted by atomic mass is 19.4. The fourth-order valence-corrected chi connectivity index (χ4v) is 5.28. The Labute approximate surface area is 255 Å². The van der Waals surface area contributed by atoms with Crippen LogP contribution in [0.1, 0.15) is 46.7 Å². The zero-order valence-electron chi connectivity index (χ0n) is 24.8. The second-order valence-electron chi connectivity index (χ2n) is 11.1. The summed E-state index contributed by atoms with van der Waals surface area (Å²) in [5.41, 5.74) is 1.48. The maximum atomic E-state index is 14.7. The lowest BCUT2D eigenvalue weighted by Gasteiger charge is -2.31. The Morgan fingerprint density at radius 2 is 1.82 bits per heavy atom. The fraction of sp³-hybridized carbons (Fsp3) is 0.312. The van der Waals surface area contributed by atoms with Crippen molar-refractivity contribution in [1.82, 2.24) is 15.3 Å². The molecule has 2 amide bonds. The molecule has 3 heterocycles. The average Bonchev–Trinajstić information content (AvgIpc) is 3.36. The van der Waals surface area contributed by atoms with Gasteiger partial charge >= 0.3 is 6.18 Å². The van der Waals surface area contributed by atoms with Crippen LogP contribution < -0.4 is 20.5 Å². The molecule has 45 heavy (non-hydrogen) atoms. The molecule has 0 fully saturated rings.